The van der Waals surface area contributed by atoms with Gasteiger partial charge in [-0.15, -0.1) is 0 Å². The fourth-order valence-corrected chi connectivity index (χ4v) is 2.02. The third kappa shape index (κ3) is 5.54. The maximum atomic E-state index is 12.0. The molecular weight excluding hydrogens is 252 g/mol. The number of carbonyl (C=O) groups excluding carboxylic acids is 1. The summed E-state index contributed by atoms with van der Waals surface area (Å²) in [5.41, 5.74) is 0. The highest BCUT2D eigenvalue weighted by molar-refractivity contribution is 5.82. The first-order valence-corrected chi connectivity index (χ1v) is 6.42. The van der Waals surface area contributed by atoms with Gasteiger partial charge in [-0.05, 0) is 13.8 Å². The van der Waals surface area contributed by atoms with E-state index in [1.807, 2.05) is 13.8 Å². The fraction of sp³-hybridized carbons (Fsp3) is 0.833. The van der Waals surface area contributed by atoms with Gasteiger partial charge < -0.3 is 20.3 Å². The van der Waals surface area contributed by atoms with Crippen molar-refractivity contribution in [1.29, 1.82) is 0 Å². The molecule has 1 saturated heterocycles. The number of carboxylic acids is 1. The SMILES string of the molecule is CC(C)NC(=O)C1COCCN1CC(O)CC(=O)O. The number of morpholine rings is 1. The van der Waals surface area contributed by atoms with Gasteiger partial charge in [0.1, 0.15) is 6.04 Å². The standard InChI is InChI=1S/C12H22N2O5/c1-8(2)13-12(18)10-7-19-4-3-14(10)6-9(15)5-11(16)17/h8-10,15H,3-7H2,1-2H3,(H,13,18)(H,16,17). The molecule has 0 bridgehead atoms. The Labute approximate surface area is 112 Å². The van der Waals surface area contributed by atoms with Crippen LogP contribution >= 0.6 is 0 Å². The average molecular weight is 274 g/mol. The summed E-state index contributed by atoms with van der Waals surface area (Å²) in [6.45, 7) is 5.14. The van der Waals surface area contributed by atoms with Crippen molar-refractivity contribution >= 4 is 11.9 Å². The summed E-state index contributed by atoms with van der Waals surface area (Å²) in [6.07, 6.45) is -1.31. The maximum absolute atomic E-state index is 12.0. The molecule has 0 aromatic heterocycles. The molecule has 1 fully saturated rings. The molecule has 2 unspecified atom stereocenters. The van der Waals surface area contributed by atoms with Crippen molar-refractivity contribution in [3.63, 3.8) is 0 Å². The van der Waals surface area contributed by atoms with Crippen LogP contribution in [0.4, 0.5) is 0 Å². The topological polar surface area (TPSA) is 99.1 Å². The first kappa shape index (κ1) is 15.9. The third-order valence-corrected chi connectivity index (χ3v) is 2.83. The van der Waals surface area contributed by atoms with Crippen LogP contribution in [0.3, 0.4) is 0 Å². The van der Waals surface area contributed by atoms with E-state index in [-0.39, 0.29) is 31.5 Å². The molecule has 2 atom stereocenters. The third-order valence-electron chi connectivity index (χ3n) is 2.83. The Balaban J connectivity index is 2.56. The second-order valence-corrected chi connectivity index (χ2v) is 5.00. The second-order valence-electron chi connectivity index (χ2n) is 5.00. The predicted octanol–water partition coefficient (Wildman–Crippen LogP) is -0.953. The van der Waals surface area contributed by atoms with Crippen molar-refractivity contribution in [2.75, 3.05) is 26.3 Å². The van der Waals surface area contributed by atoms with Gasteiger partial charge in [-0.1, -0.05) is 0 Å². The van der Waals surface area contributed by atoms with Crippen LogP contribution in [0.5, 0.6) is 0 Å². The van der Waals surface area contributed by atoms with E-state index < -0.39 is 18.1 Å². The number of aliphatic hydroxyl groups is 1. The van der Waals surface area contributed by atoms with Crippen molar-refractivity contribution in [1.82, 2.24) is 10.2 Å². The van der Waals surface area contributed by atoms with Crippen LogP contribution in [0.15, 0.2) is 0 Å². The number of aliphatic carboxylic acids is 1. The quantitative estimate of drug-likeness (QED) is 0.577. The number of ether oxygens (including phenoxy) is 1. The van der Waals surface area contributed by atoms with Crippen LogP contribution < -0.4 is 5.32 Å². The summed E-state index contributed by atoms with van der Waals surface area (Å²) in [7, 11) is 0. The van der Waals surface area contributed by atoms with Gasteiger partial charge in [0.05, 0.1) is 25.7 Å². The van der Waals surface area contributed by atoms with Crippen molar-refractivity contribution in [2.24, 2.45) is 0 Å². The average Bonchev–Trinajstić information content (AvgIpc) is 2.27. The van der Waals surface area contributed by atoms with Crippen LogP contribution in [-0.4, -0.2) is 71.5 Å². The first-order valence-electron chi connectivity index (χ1n) is 6.42. The summed E-state index contributed by atoms with van der Waals surface area (Å²) >= 11 is 0. The number of amides is 1. The van der Waals surface area contributed by atoms with Crippen molar-refractivity contribution in [3.8, 4) is 0 Å². The highest BCUT2D eigenvalue weighted by Crippen LogP contribution is 2.09. The zero-order chi connectivity index (χ0) is 14.4. The summed E-state index contributed by atoms with van der Waals surface area (Å²) in [5, 5.41) is 21.1. The summed E-state index contributed by atoms with van der Waals surface area (Å²) < 4.78 is 5.28. The van der Waals surface area contributed by atoms with Gasteiger partial charge in [-0.2, -0.15) is 0 Å². The summed E-state index contributed by atoms with van der Waals surface area (Å²) in [5.74, 6) is -1.21. The number of hydrogen-bond acceptors (Lipinski definition) is 5. The van der Waals surface area contributed by atoms with Crippen molar-refractivity contribution in [3.05, 3.63) is 0 Å². The van der Waals surface area contributed by atoms with Gasteiger partial charge in [-0.3, -0.25) is 14.5 Å². The van der Waals surface area contributed by atoms with E-state index in [0.717, 1.165) is 0 Å². The van der Waals surface area contributed by atoms with E-state index in [1.54, 1.807) is 4.90 Å². The summed E-state index contributed by atoms with van der Waals surface area (Å²) in [6, 6.07) is -0.445. The number of nitrogens with one attached hydrogen (secondary N) is 1. The number of hydrogen-bond donors (Lipinski definition) is 3. The highest BCUT2D eigenvalue weighted by Gasteiger charge is 2.31. The number of β-amino-alcohol motifs (C(OH)–C–C–N with tert-alkyl or cyclic N) is 1. The Morgan fingerprint density at radius 3 is 2.74 bits per heavy atom. The molecule has 0 aromatic rings. The lowest BCUT2D eigenvalue weighted by molar-refractivity contribution is -0.140. The molecule has 0 aliphatic carbocycles. The van der Waals surface area contributed by atoms with Crippen molar-refractivity contribution in [2.45, 2.75) is 38.5 Å². The maximum Gasteiger partial charge on any atom is 0.306 e. The number of rotatable bonds is 6. The lowest BCUT2D eigenvalue weighted by Crippen LogP contribution is -2.56. The van der Waals surface area contributed by atoms with Gasteiger partial charge in [0.15, 0.2) is 0 Å². The molecule has 7 nitrogen and oxygen atoms in total. The van der Waals surface area contributed by atoms with Crippen LogP contribution in [0.2, 0.25) is 0 Å². The van der Waals surface area contributed by atoms with E-state index >= 15 is 0 Å². The Hall–Kier alpha value is -1.18. The van der Waals surface area contributed by atoms with Gasteiger partial charge in [-0.25, -0.2) is 0 Å². The first-order chi connectivity index (χ1) is 8.90. The Bertz CT molecular complexity index is 321. The molecule has 110 valence electrons. The normalized spacial score (nSPS) is 22.2. The van der Waals surface area contributed by atoms with E-state index in [2.05, 4.69) is 5.32 Å². The molecular formula is C12H22N2O5. The summed E-state index contributed by atoms with van der Waals surface area (Å²) in [4.78, 5) is 24.3. The monoisotopic (exact) mass is 274 g/mol. The Morgan fingerprint density at radius 2 is 2.16 bits per heavy atom. The predicted molar refractivity (Wildman–Crippen MR) is 67.7 cm³/mol. The highest BCUT2D eigenvalue weighted by atomic mass is 16.5. The zero-order valence-corrected chi connectivity index (χ0v) is 11.3. The van der Waals surface area contributed by atoms with E-state index in [4.69, 9.17) is 9.84 Å². The van der Waals surface area contributed by atoms with Gasteiger partial charge >= 0.3 is 5.97 Å². The Kier molecular flexibility index (Phi) is 6.20. The molecule has 1 amide bonds. The molecule has 1 heterocycles. The molecule has 1 aliphatic heterocycles. The molecule has 0 radical (unpaired) electrons. The molecule has 3 N–H and O–H groups in total. The minimum atomic E-state index is -1.05. The van der Waals surface area contributed by atoms with E-state index in [9.17, 15) is 14.7 Å². The van der Waals surface area contributed by atoms with Crippen LogP contribution in [-0.2, 0) is 14.3 Å². The zero-order valence-electron chi connectivity index (χ0n) is 11.3. The molecule has 1 rings (SSSR count). The fourth-order valence-electron chi connectivity index (χ4n) is 2.02. The molecule has 19 heavy (non-hydrogen) atoms. The molecule has 0 aromatic carbocycles. The Morgan fingerprint density at radius 1 is 1.47 bits per heavy atom. The van der Waals surface area contributed by atoms with Crippen LogP contribution in [0.25, 0.3) is 0 Å². The number of carbonyl (C=O) groups is 2. The van der Waals surface area contributed by atoms with Gasteiger partial charge in [0.25, 0.3) is 0 Å². The molecule has 0 spiro atoms. The van der Waals surface area contributed by atoms with Gasteiger partial charge in [0, 0.05) is 19.1 Å². The van der Waals surface area contributed by atoms with E-state index in [0.29, 0.717) is 13.2 Å². The van der Waals surface area contributed by atoms with Crippen molar-refractivity contribution < 1.29 is 24.5 Å². The lowest BCUT2D eigenvalue weighted by atomic mass is 10.1. The number of carboxylic acid groups (broad SMARTS) is 1. The lowest BCUT2D eigenvalue weighted by Gasteiger charge is -2.35. The van der Waals surface area contributed by atoms with E-state index in [1.165, 1.54) is 0 Å². The smallest absolute Gasteiger partial charge is 0.306 e. The number of nitrogens with zero attached hydrogens (tertiary/aromatic N) is 1. The minimum absolute atomic E-state index is 0.0280. The minimum Gasteiger partial charge on any atom is -0.481 e. The second kappa shape index (κ2) is 7.42. The molecule has 0 saturated carbocycles. The van der Waals surface area contributed by atoms with Crippen LogP contribution in [0, 0.1) is 0 Å². The number of aliphatic hydroxyl groups excluding tert-OH is 1. The molecule has 7 heteroatoms. The van der Waals surface area contributed by atoms with Gasteiger partial charge in [0.2, 0.25) is 5.91 Å². The van der Waals surface area contributed by atoms with Crippen LogP contribution in [0.1, 0.15) is 20.3 Å². The molecule has 1 aliphatic rings. The largest absolute Gasteiger partial charge is 0.481 e.